The van der Waals surface area contributed by atoms with Gasteiger partial charge in [0.2, 0.25) is 0 Å². The van der Waals surface area contributed by atoms with E-state index in [2.05, 4.69) is 227 Å². The fraction of sp³-hybridized carbons (Fsp3) is 0.214. The molecule has 0 amide bonds. The van der Waals surface area contributed by atoms with Crippen LogP contribution in [0.1, 0.15) is 76.6 Å². The zero-order valence-corrected chi connectivity index (χ0v) is 35.9. The average molecular weight is 761 g/mol. The highest BCUT2D eigenvalue weighted by Gasteiger charge is 2.38. The topological polar surface area (TPSA) is 15.3 Å². The van der Waals surface area contributed by atoms with Crippen molar-refractivity contribution in [1.82, 2.24) is 0 Å². The molecule has 2 atom stereocenters. The van der Waals surface area contributed by atoms with Crippen LogP contribution in [0.15, 0.2) is 182 Å². The Morgan fingerprint density at radius 3 is 1.69 bits per heavy atom. The van der Waals surface area contributed by atoms with Gasteiger partial charge in [-0.05, 0) is 119 Å². The van der Waals surface area contributed by atoms with Gasteiger partial charge in [-0.15, -0.1) is 0 Å². The zero-order valence-electron chi connectivity index (χ0n) is 35.9. The van der Waals surface area contributed by atoms with Crippen molar-refractivity contribution in [2.45, 2.75) is 79.7 Å². The van der Waals surface area contributed by atoms with Gasteiger partial charge in [-0.2, -0.15) is 0 Å². The molecule has 0 spiro atoms. The molecule has 294 valence electrons. The molecule has 0 aromatic heterocycles. The van der Waals surface area contributed by atoms with Crippen LogP contribution >= 0.6 is 0 Å². The first kappa shape index (κ1) is 41.5. The lowest BCUT2D eigenvalue weighted by Crippen LogP contribution is -2.27. The molecule has 9 rings (SSSR count). The molecule has 0 saturated heterocycles. The molecule has 7 aromatic carbocycles. The van der Waals surface area contributed by atoms with Crippen LogP contribution in [0.5, 0.6) is 0 Å². The summed E-state index contributed by atoms with van der Waals surface area (Å²) < 4.78 is 0. The van der Waals surface area contributed by atoms with E-state index >= 15 is 0 Å². The van der Waals surface area contributed by atoms with E-state index in [-0.39, 0.29) is 17.4 Å². The van der Waals surface area contributed by atoms with E-state index in [4.69, 9.17) is 0 Å². The van der Waals surface area contributed by atoms with Gasteiger partial charge in [-0.1, -0.05) is 175 Å². The van der Waals surface area contributed by atoms with Gasteiger partial charge in [-0.25, -0.2) is 0 Å². The average Bonchev–Trinajstić information content (AvgIpc) is 3.31. The summed E-state index contributed by atoms with van der Waals surface area (Å²) in [7, 11) is 0. The SMILES string of the molecule is CC.CC.CC1/C=C\C=C/C2c3ccc(-c4ccc5cc(N(c6ccccc6)c6ccccc6)ccc5c4)cc3-c3cccc(c3N1)C2(C)C.Cc1ccccc1C. The van der Waals surface area contributed by atoms with Crippen LogP contribution in [0.25, 0.3) is 33.0 Å². The molecule has 7 aromatic rings. The van der Waals surface area contributed by atoms with Gasteiger partial charge in [-0.3, -0.25) is 0 Å². The van der Waals surface area contributed by atoms with Crippen molar-refractivity contribution in [3.05, 3.63) is 204 Å². The predicted molar refractivity (Wildman–Crippen MR) is 255 cm³/mol. The molecule has 58 heavy (non-hydrogen) atoms. The van der Waals surface area contributed by atoms with E-state index in [9.17, 15) is 0 Å². The lowest BCUT2D eigenvalue weighted by atomic mass is 9.70. The summed E-state index contributed by atoms with van der Waals surface area (Å²) in [5.41, 5.74) is 15.2. The minimum absolute atomic E-state index is 0.0689. The molecule has 4 bridgehead atoms. The third kappa shape index (κ3) is 8.72. The fourth-order valence-corrected chi connectivity index (χ4v) is 8.11. The predicted octanol–water partition coefficient (Wildman–Crippen LogP) is 16.3. The number of fused-ring (bicyclic) bond motifs is 5. The van der Waals surface area contributed by atoms with Crippen molar-refractivity contribution in [2.24, 2.45) is 0 Å². The molecule has 1 aliphatic carbocycles. The summed E-state index contributed by atoms with van der Waals surface area (Å²) in [4.78, 5) is 2.32. The molecule has 0 saturated carbocycles. The largest absolute Gasteiger partial charge is 0.378 e. The smallest absolute Gasteiger partial charge is 0.0468 e. The first-order chi connectivity index (χ1) is 28.3. The number of benzene rings is 7. The summed E-state index contributed by atoms with van der Waals surface area (Å²) in [6.45, 7) is 19.2. The second-order valence-corrected chi connectivity index (χ2v) is 15.3. The Bertz CT molecular complexity index is 2430. The number of rotatable bonds is 4. The van der Waals surface area contributed by atoms with Crippen molar-refractivity contribution in [2.75, 3.05) is 10.2 Å². The van der Waals surface area contributed by atoms with Gasteiger partial charge < -0.3 is 10.2 Å². The Kier molecular flexibility index (Phi) is 13.5. The highest BCUT2D eigenvalue weighted by molar-refractivity contribution is 5.93. The highest BCUT2D eigenvalue weighted by atomic mass is 15.1. The van der Waals surface area contributed by atoms with Crippen LogP contribution in [-0.2, 0) is 5.41 Å². The minimum Gasteiger partial charge on any atom is -0.378 e. The van der Waals surface area contributed by atoms with E-state index in [0.717, 1.165) is 17.1 Å². The summed E-state index contributed by atoms with van der Waals surface area (Å²) in [6.07, 6.45) is 9.06. The summed E-state index contributed by atoms with van der Waals surface area (Å²) in [6, 6.07) is 57.4. The monoisotopic (exact) mass is 760 g/mol. The Morgan fingerprint density at radius 1 is 0.500 bits per heavy atom. The molecule has 1 heterocycles. The van der Waals surface area contributed by atoms with Gasteiger partial charge in [0.1, 0.15) is 0 Å². The number of allylic oxidation sites excluding steroid dienone is 3. The third-order valence-electron chi connectivity index (χ3n) is 11.3. The van der Waals surface area contributed by atoms with Gasteiger partial charge in [0, 0.05) is 45.7 Å². The van der Waals surface area contributed by atoms with Crippen LogP contribution in [0.4, 0.5) is 22.7 Å². The molecule has 2 heteroatoms. The van der Waals surface area contributed by atoms with Crippen LogP contribution in [-0.4, -0.2) is 6.04 Å². The summed E-state index contributed by atoms with van der Waals surface area (Å²) in [5.74, 6) is 0.252. The van der Waals surface area contributed by atoms with Gasteiger partial charge in [0.15, 0.2) is 0 Å². The number of hydrogen-bond acceptors (Lipinski definition) is 2. The Balaban J connectivity index is 0.000000415. The zero-order chi connectivity index (χ0) is 41.2. The van der Waals surface area contributed by atoms with Crippen molar-refractivity contribution in [1.29, 1.82) is 0 Å². The standard InChI is InChI=1S/C44H38N2.C8H10.2C2H6/c1-30-13-10-11-19-41-38-26-24-34(29-40(38)39-18-12-20-42(43(39)45-30)44(41,2)3)31-21-22-33-28-37(25-23-32(33)27-31)46(35-14-6-4-7-15-35)36-16-8-5-9-17-36;1-7-5-3-4-6-8(7)2;2*1-2/h4-30,41,45H,1-3H3;3-6H,1-2H3;2*1-2H3/b13-10-,19-11-;;;. The number of para-hydroxylation sites is 3. The molecule has 2 aliphatic rings. The quantitative estimate of drug-likeness (QED) is 0.192. The Morgan fingerprint density at radius 2 is 1.05 bits per heavy atom. The second kappa shape index (κ2) is 18.9. The van der Waals surface area contributed by atoms with E-state index in [1.54, 1.807) is 0 Å². The van der Waals surface area contributed by atoms with Crippen molar-refractivity contribution in [3.63, 3.8) is 0 Å². The molecule has 2 unspecified atom stereocenters. The van der Waals surface area contributed by atoms with Gasteiger partial charge in [0.25, 0.3) is 0 Å². The van der Waals surface area contributed by atoms with Crippen molar-refractivity contribution < 1.29 is 0 Å². The number of nitrogens with zero attached hydrogens (tertiary/aromatic N) is 1. The van der Waals surface area contributed by atoms with Gasteiger partial charge in [0.05, 0.1) is 0 Å². The van der Waals surface area contributed by atoms with E-state index in [1.165, 1.54) is 61.0 Å². The molecule has 1 N–H and O–H groups in total. The number of anilines is 4. The maximum Gasteiger partial charge on any atom is 0.0468 e. The van der Waals surface area contributed by atoms with E-state index in [0.29, 0.717) is 0 Å². The number of hydrogen-bond donors (Lipinski definition) is 1. The molecule has 1 aliphatic heterocycles. The lowest BCUT2D eigenvalue weighted by Gasteiger charge is -2.34. The van der Waals surface area contributed by atoms with E-state index in [1.807, 2.05) is 27.7 Å². The molecule has 0 fully saturated rings. The number of nitrogens with one attached hydrogen (secondary N) is 1. The first-order valence-corrected chi connectivity index (χ1v) is 21.1. The van der Waals surface area contributed by atoms with Crippen LogP contribution in [0, 0.1) is 13.8 Å². The Labute approximate surface area is 348 Å². The van der Waals surface area contributed by atoms with Gasteiger partial charge >= 0.3 is 0 Å². The lowest BCUT2D eigenvalue weighted by molar-refractivity contribution is 0.473. The normalized spacial score (nSPS) is 16.6. The summed E-state index contributed by atoms with van der Waals surface area (Å²) in [5, 5.41) is 6.32. The highest BCUT2D eigenvalue weighted by Crippen LogP contribution is 2.52. The number of aryl methyl sites for hydroxylation is 2. The second-order valence-electron chi connectivity index (χ2n) is 15.3. The van der Waals surface area contributed by atoms with Crippen molar-refractivity contribution >= 4 is 33.5 Å². The first-order valence-electron chi connectivity index (χ1n) is 21.1. The summed E-state index contributed by atoms with van der Waals surface area (Å²) >= 11 is 0. The van der Waals surface area contributed by atoms with Crippen LogP contribution in [0.3, 0.4) is 0 Å². The molecular formula is C56H60N2. The molecular weight excluding hydrogens is 701 g/mol. The van der Waals surface area contributed by atoms with E-state index < -0.39 is 0 Å². The molecule has 2 nitrogen and oxygen atoms in total. The Hall–Kier alpha value is -6.12. The maximum atomic E-state index is 3.87. The third-order valence-corrected chi connectivity index (χ3v) is 11.3. The van der Waals surface area contributed by atoms with Crippen LogP contribution < -0.4 is 10.2 Å². The molecule has 0 radical (unpaired) electrons. The van der Waals surface area contributed by atoms with Crippen molar-refractivity contribution in [3.8, 4) is 22.3 Å². The fourth-order valence-electron chi connectivity index (χ4n) is 8.11. The van der Waals surface area contributed by atoms with Crippen LogP contribution in [0.2, 0.25) is 0 Å². The minimum atomic E-state index is -0.0689. The maximum absolute atomic E-state index is 3.87.